The van der Waals surface area contributed by atoms with E-state index in [-0.39, 0.29) is 0 Å². The number of aromatic nitrogens is 2. The van der Waals surface area contributed by atoms with Gasteiger partial charge in [-0.15, -0.1) is 5.10 Å². The normalized spacial score (nSPS) is 25.0. The first-order valence-corrected chi connectivity index (χ1v) is 7.01. The highest BCUT2D eigenvalue weighted by molar-refractivity contribution is 5.84. The molecule has 3 heterocycles. The molecule has 2 fully saturated rings. The number of rotatable bonds is 2. The van der Waals surface area contributed by atoms with Crippen LogP contribution in [-0.4, -0.2) is 54.1 Å². The van der Waals surface area contributed by atoms with E-state index >= 15 is 0 Å². The number of likely N-dealkylation sites (tertiary alicyclic amines) is 1. The average Bonchev–Trinajstić information content (AvgIpc) is 2.86. The highest BCUT2D eigenvalue weighted by Crippen LogP contribution is 2.25. The number of Topliss-reactive ketones (excluding diaryl/α,β-unsaturated/α-hetero) is 1. The van der Waals surface area contributed by atoms with Gasteiger partial charge in [0, 0.05) is 25.4 Å². The Bertz CT molecular complexity index is 459. The Kier molecular flexibility index (Phi) is 3.46. The Morgan fingerprint density at radius 3 is 2.79 bits per heavy atom. The van der Waals surface area contributed by atoms with E-state index < -0.39 is 0 Å². The highest BCUT2D eigenvalue weighted by Gasteiger charge is 2.23. The molecule has 5 heteroatoms. The Morgan fingerprint density at radius 1 is 1.26 bits per heavy atom. The van der Waals surface area contributed by atoms with E-state index in [4.69, 9.17) is 0 Å². The van der Waals surface area contributed by atoms with E-state index in [1.807, 2.05) is 11.0 Å². The molecule has 2 aliphatic rings. The van der Waals surface area contributed by atoms with Gasteiger partial charge in [0.25, 0.3) is 0 Å². The third-order valence-electron chi connectivity index (χ3n) is 4.06. The zero-order valence-corrected chi connectivity index (χ0v) is 11.4. The summed E-state index contributed by atoms with van der Waals surface area (Å²) in [7, 11) is 2.14. The molecule has 0 aromatic carbocycles. The summed E-state index contributed by atoms with van der Waals surface area (Å²) in [6, 6.07) is 4.09. The van der Waals surface area contributed by atoms with Gasteiger partial charge in [-0.3, -0.25) is 4.79 Å². The summed E-state index contributed by atoms with van der Waals surface area (Å²) < 4.78 is 0. The highest BCUT2D eigenvalue weighted by atomic mass is 16.1. The van der Waals surface area contributed by atoms with Gasteiger partial charge in [0.2, 0.25) is 0 Å². The molecule has 2 saturated heterocycles. The molecule has 0 saturated carbocycles. The van der Waals surface area contributed by atoms with E-state index in [2.05, 4.69) is 28.2 Å². The quantitative estimate of drug-likeness (QED) is 0.796. The smallest absolute Gasteiger partial charge is 0.152 e. The molecule has 0 aliphatic carbocycles. The second kappa shape index (κ2) is 5.25. The van der Waals surface area contributed by atoms with Gasteiger partial charge < -0.3 is 9.80 Å². The second-order valence-corrected chi connectivity index (χ2v) is 5.63. The largest absolute Gasteiger partial charge is 0.348 e. The monoisotopic (exact) mass is 260 g/mol. The van der Waals surface area contributed by atoms with Crippen LogP contribution in [0, 0.1) is 0 Å². The van der Waals surface area contributed by atoms with Crippen molar-refractivity contribution in [3.63, 3.8) is 0 Å². The number of hydrogen-bond acceptors (Lipinski definition) is 5. The third-order valence-corrected chi connectivity index (χ3v) is 4.06. The lowest BCUT2D eigenvalue weighted by molar-refractivity contribution is -0.118. The van der Waals surface area contributed by atoms with Gasteiger partial charge in [0.05, 0.1) is 12.2 Å². The predicted octanol–water partition coefficient (Wildman–Crippen LogP) is 1.06. The van der Waals surface area contributed by atoms with Gasteiger partial charge >= 0.3 is 0 Å². The van der Waals surface area contributed by atoms with Crippen LogP contribution in [0.2, 0.25) is 0 Å². The molecular formula is C14H20N4O. The van der Waals surface area contributed by atoms with E-state index in [9.17, 15) is 4.79 Å². The van der Waals surface area contributed by atoms with Crippen LogP contribution in [0.5, 0.6) is 0 Å². The van der Waals surface area contributed by atoms with Crippen LogP contribution in [-0.2, 0) is 4.79 Å². The lowest BCUT2D eigenvalue weighted by Crippen LogP contribution is -2.36. The van der Waals surface area contributed by atoms with Crippen LogP contribution in [0.3, 0.4) is 0 Å². The summed E-state index contributed by atoms with van der Waals surface area (Å²) in [4.78, 5) is 15.8. The van der Waals surface area contributed by atoms with Crippen LogP contribution in [0.25, 0.3) is 0 Å². The van der Waals surface area contributed by atoms with E-state index in [1.54, 1.807) is 0 Å². The molecule has 1 atom stereocenters. The number of carbonyl (C=O) groups excluding carboxylic acids is 1. The van der Waals surface area contributed by atoms with Gasteiger partial charge in [0.15, 0.2) is 11.6 Å². The van der Waals surface area contributed by atoms with Gasteiger partial charge in [0.1, 0.15) is 0 Å². The Balaban J connectivity index is 1.70. The van der Waals surface area contributed by atoms with Crippen molar-refractivity contribution in [1.29, 1.82) is 0 Å². The minimum absolute atomic E-state index is 0.301. The van der Waals surface area contributed by atoms with Gasteiger partial charge in [-0.25, -0.2) is 0 Å². The molecule has 102 valence electrons. The minimum Gasteiger partial charge on any atom is -0.348 e. The first kappa shape index (κ1) is 12.5. The maximum Gasteiger partial charge on any atom is 0.152 e. The van der Waals surface area contributed by atoms with Gasteiger partial charge in [-0.05, 0) is 38.6 Å². The number of piperidine rings is 1. The predicted molar refractivity (Wildman–Crippen MR) is 73.3 cm³/mol. The van der Waals surface area contributed by atoms with Crippen molar-refractivity contribution in [3.8, 4) is 0 Å². The summed E-state index contributed by atoms with van der Waals surface area (Å²) in [5, 5.41) is 8.68. The molecule has 0 bridgehead atoms. The van der Waals surface area contributed by atoms with Crippen molar-refractivity contribution in [2.75, 3.05) is 38.1 Å². The summed E-state index contributed by atoms with van der Waals surface area (Å²) in [5.41, 5.74) is 1.08. The fourth-order valence-corrected chi connectivity index (χ4v) is 2.93. The van der Waals surface area contributed by atoms with E-state index in [0.717, 1.165) is 44.0 Å². The molecule has 19 heavy (non-hydrogen) atoms. The molecule has 0 N–H and O–H groups in total. The van der Waals surface area contributed by atoms with Crippen molar-refractivity contribution in [2.24, 2.45) is 0 Å². The molecule has 5 nitrogen and oxygen atoms in total. The molecule has 1 aromatic heterocycles. The maximum atomic E-state index is 11.5. The van der Waals surface area contributed by atoms with Crippen LogP contribution < -0.4 is 4.90 Å². The number of hydrogen-bond donors (Lipinski definition) is 0. The molecule has 0 amide bonds. The number of carbonyl (C=O) groups is 1. The summed E-state index contributed by atoms with van der Waals surface area (Å²) in [5.74, 6) is 1.65. The SMILES string of the molecule is CN1CCC(c2ccc(N3CCCC(=O)C3)nn2)C1. The van der Waals surface area contributed by atoms with Crippen molar-refractivity contribution in [2.45, 2.75) is 25.2 Å². The molecule has 0 radical (unpaired) electrons. The molecule has 0 spiro atoms. The Hall–Kier alpha value is -1.49. The summed E-state index contributed by atoms with van der Waals surface area (Å²) in [6.07, 6.45) is 2.79. The third kappa shape index (κ3) is 2.76. The Morgan fingerprint density at radius 2 is 2.16 bits per heavy atom. The lowest BCUT2D eigenvalue weighted by Gasteiger charge is -2.26. The fraction of sp³-hybridized carbons (Fsp3) is 0.643. The molecule has 1 aromatic rings. The van der Waals surface area contributed by atoms with Gasteiger partial charge in [-0.1, -0.05) is 0 Å². The van der Waals surface area contributed by atoms with Crippen molar-refractivity contribution in [1.82, 2.24) is 15.1 Å². The van der Waals surface area contributed by atoms with Crippen molar-refractivity contribution >= 4 is 11.6 Å². The zero-order chi connectivity index (χ0) is 13.2. The average molecular weight is 260 g/mol. The van der Waals surface area contributed by atoms with Crippen molar-refractivity contribution < 1.29 is 4.79 Å². The maximum absolute atomic E-state index is 11.5. The van der Waals surface area contributed by atoms with Crippen LogP contribution in [0.4, 0.5) is 5.82 Å². The first-order valence-electron chi connectivity index (χ1n) is 7.01. The fourth-order valence-electron chi connectivity index (χ4n) is 2.93. The van der Waals surface area contributed by atoms with Crippen LogP contribution >= 0.6 is 0 Å². The number of ketones is 1. The molecular weight excluding hydrogens is 240 g/mol. The second-order valence-electron chi connectivity index (χ2n) is 5.63. The topological polar surface area (TPSA) is 49.3 Å². The molecule has 3 rings (SSSR count). The molecule has 1 unspecified atom stereocenters. The number of nitrogens with zero attached hydrogens (tertiary/aromatic N) is 4. The van der Waals surface area contributed by atoms with E-state index in [0.29, 0.717) is 24.7 Å². The van der Waals surface area contributed by atoms with Crippen molar-refractivity contribution in [3.05, 3.63) is 17.8 Å². The summed E-state index contributed by atoms with van der Waals surface area (Å²) >= 11 is 0. The zero-order valence-electron chi connectivity index (χ0n) is 11.4. The first-order chi connectivity index (χ1) is 9.22. The minimum atomic E-state index is 0.301. The molecule has 2 aliphatic heterocycles. The standard InChI is InChI=1S/C14H20N4O/c1-17-8-6-11(9-17)13-4-5-14(16-15-13)18-7-2-3-12(19)10-18/h4-5,11H,2-3,6-10H2,1H3. The van der Waals surface area contributed by atoms with Crippen LogP contribution in [0.15, 0.2) is 12.1 Å². The van der Waals surface area contributed by atoms with Gasteiger partial charge in [-0.2, -0.15) is 5.10 Å². The Labute approximate surface area is 113 Å². The van der Waals surface area contributed by atoms with E-state index in [1.165, 1.54) is 0 Å². The summed E-state index contributed by atoms with van der Waals surface area (Å²) in [6.45, 7) is 3.59. The lowest BCUT2D eigenvalue weighted by atomic mass is 10.0. The number of likely N-dealkylation sites (N-methyl/N-ethyl adjacent to an activating group) is 1. The van der Waals surface area contributed by atoms with Crippen LogP contribution in [0.1, 0.15) is 30.9 Å². The number of anilines is 1.